The first-order chi connectivity index (χ1) is 15.5. The molecule has 0 aliphatic carbocycles. The fourth-order valence-corrected chi connectivity index (χ4v) is 4.05. The number of fused-ring (bicyclic) bond motifs is 1. The summed E-state index contributed by atoms with van der Waals surface area (Å²) < 4.78 is 12.8. The number of rotatable bonds is 4. The molecule has 1 aliphatic rings. The van der Waals surface area contributed by atoms with E-state index in [1.165, 1.54) is 12.1 Å². The molecule has 0 saturated heterocycles. The predicted molar refractivity (Wildman–Crippen MR) is 118 cm³/mol. The van der Waals surface area contributed by atoms with Gasteiger partial charge in [-0.1, -0.05) is 28.8 Å². The van der Waals surface area contributed by atoms with Crippen LogP contribution < -0.4 is 15.3 Å². The normalized spacial score (nSPS) is 17.8. The summed E-state index contributed by atoms with van der Waals surface area (Å²) >= 11 is 6.39. The van der Waals surface area contributed by atoms with E-state index in [1.807, 2.05) is 0 Å². The van der Waals surface area contributed by atoms with Gasteiger partial charge in [0.2, 0.25) is 11.8 Å². The number of hydrogen-bond donors (Lipinski definition) is 3. The van der Waals surface area contributed by atoms with Gasteiger partial charge in [-0.3, -0.25) is 15.3 Å². The number of nitrogens with one attached hydrogen (secondary N) is 3. The molecule has 1 atom stereocenters. The van der Waals surface area contributed by atoms with Crippen LogP contribution in [0.5, 0.6) is 0 Å². The number of nitrogens with zero attached hydrogens (tertiary/aromatic N) is 6. The van der Waals surface area contributed by atoms with E-state index < -0.39 is 4.65 Å². The summed E-state index contributed by atoms with van der Waals surface area (Å²) in [5, 5.41) is 34.1. The maximum Gasteiger partial charge on any atom is 0.269 e. The number of aryl methyl sites for hydroxylation is 1. The first-order valence-corrected chi connectivity index (χ1v) is 10.1. The number of aromatic nitrogens is 6. The number of halogens is 2. The fourth-order valence-electron chi connectivity index (χ4n) is 3.78. The van der Waals surface area contributed by atoms with Gasteiger partial charge in [0.05, 0.1) is 11.3 Å². The molecular weight excluding hydrogens is 437 g/mol. The van der Waals surface area contributed by atoms with Crippen molar-refractivity contribution >= 4 is 35.0 Å². The Morgan fingerprint density at radius 3 is 2.75 bits per heavy atom. The molecule has 162 valence electrons. The van der Waals surface area contributed by atoms with E-state index >= 15 is 0 Å². The van der Waals surface area contributed by atoms with Gasteiger partial charge in [0.1, 0.15) is 17.5 Å². The summed E-state index contributed by atoms with van der Waals surface area (Å²) in [5.74, 6) is 0.109. The van der Waals surface area contributed by atoms with Gasteiger partial charge in [0.15, 0.2) is 5.69 Å². The Bertz CT molecular complexity index is 1300. The molecule has 3 heterocycles. The fraction of sp³-hybridized carbons (Fsp3) is 0.150. The van der Waals surface area contributed by atoms with Crippen LogP contribution in [-0.4, -0.2) is 37.3 Å². The minimum absolute atomic E-state index is 0.0250. The van der Waals surface area contributed by atoms with Crippen molar-refractivity contribution in [3.05, 3.63) is 69.6 Å². The quantitative estimate of drug-likeness (QED) is 0.315. The average molecular weight is 454 g/mol. The van der Waals surface area contributed by atoms with Crippen molar-refractivity contribution in [2.45, 2.75) is 13.5 Å². The first kappa shape index (κ1) is 20.4. The van der Waals surface area contributed by atoms with Crippen LogP contribution in [0.25, 0.3) is 11.3 Å². The van der Waals surface area contributed by atoms with E-state index in [0.717, 1.165) is 0 Å². The highest BCUT2D eigenvalue weighted by molar-refractivity contribution is 6.33. The summed E-state index contributed by atoms with van der Waals surface area (Å²) in [6.45, 7) is 2.16. The van der Waals surface area contributed by atoms with E-state index in [9.17, 15) is 9.60 Å². The van der Waals surface area contributed by atoms with Crippen LogP contribution in [0, 0.1) is 17.9 Å². The zero-order valence-electron chi connectivity index (χ0n) is 16.8. The molecular formula is C20H17ClFN9O. The number of aromatic amines is 1. The van der Waals surface area contributed by atoms with Crippen LogP contribution in [-0.2, 0) is 6.54 Å². The Morgan fingerprint density at radius 2 is 2.00 bits per heavy atom. The number of anilines is 2. The minimum Gasteiger partial charge on any atom is -0.620 e. The molecule has 10 nitrogen and oxygen atoms in total. The Hall–Kier alpha value is -3.51. The lowest BCUT2D eigenvalue weighted by Gasteiger charge is -2.44. The Morgan fingerprint density at radius 1 is 1.16 bits per heavy atom. The van der Waals surface area contributed by atoms with Gasteiger partial charge in [-0.05, 0) is 42.0 Å². The van der Waals surface area contributed by atoms with Gasteiger partial charge in [-0.15, -0.1) is 5.10 Å². The monoisotopic (exact) mass is 453 g/mol. The minimum atomic E-state index is -0.939. The zero-order valence-corrected chi connectivity index (χ0v) is 17.6. The van der Waals surface area contributed by atoms with Crippen molar-refractivity contribution in [3.8, 4) is 11.3 Å². The molecule has 32 heavy (non-hydrogen) atoms. The highest BCUT2D eigenvalue weighted by Gasteiger charge is 2.37. The van der Waals surface area contributed by atoms with Crippen molar-refractivity contribution in [2.24, 2.45) is 0 Å². The molecule has 0 bridgehead atoms. The summed E-state index contributed by atoms with van der Waals surface area (Å²) in [4.78, 5) is 9.15. The second-order valence-electron chi connectivity index (χ2n) is 7.29. The SMILES string of the molecule is Cc1cc(F)ccc1-c1nc(Nc2nn[nH]n2)nc2c1CNC[N+]2([O-])c1ccccc1Cl. The highest BCUT2D eigenvalue weighted by atomic mass is 35.5. The second kappa shape index (κ2) is 7.88. The molecule has 5 rings (SSSR count). The van der Waals surface area contributed by atoms with Crippen LogP contribution in [0.4, 0.5) is 27.8 Å². The number of tetrazole rings is 1. The molecule has 1 aliphatic heterocycles. The smallest absolute Gasteiger partial charge is 0.269 e. The zero-order chi connectivity index (χ0) is 22.3. The Balaban J connectivity index is 1.76. The molecule has 2 aromatic heterocycles. The lowest BCUT2D eigenvalue weighted by molar-refractivity contribution is 0.407. The highest BCUT2D eigenvalue weighted by Crippen LogP contribution is 2.43. The van der Waals surface area contributed by atoms with Crippen molar-refractivity contribution < 1.29 is 4.39 Å². The molecule has 0 radical (unpaired) electrons. The van der Waals surface area contributed by atoms with Crippen LogP contribution in [0.1, 0.15) is 11.1 Å². The van der Waals surface area contributed by atoms with Gasteiger partial charge >= 0.3 is 0 Å². The summed E-state index contributed by atoms with van der Waals surface area (Å²) in [6.07, 6.45) is 0. The van der Waals surface area contributed by atoms with E-state index in [0.29, 0.717) is 39.6 Å². The molecule has 2 aromatic carbocycles. The summed E-state index contributed by atoms with van der Waals surface area (Å²) in [6, 6.07) is 11.2. The van der Waals surface area contributed by atoms with Gasteiger partial charge in [0.25, 0.3) is 5.95 Å². The van der Waals surface area contributed by atoms with E-state index in [4.69, 9.17) is 11.6 Å². The third-order valence-corrected chi connectivity index (χ3v) is 5.54. The number of quaternary nitrogens is 1. The molecule has 0 fully saturated rings. The number of hydrogen-bond acceptors (Lipinski definition) is 8. The third-order valence-electron chi connectivity index (χ3n) is 5.22. The Labute approximate surface area is 186 Å². The number of hydroxylamine groups is 1. The molecule has 1 unspecified atom stereocenters. The molecule has 0 amide bonds. The van der Waals surface area contributed by atoms with Crippen LogP contribution in [0.15, 0.2) is 42.5 Å². The lowest BCUT2D eigenvalue weighted by Crippen LogP contribution is -2.50. The maximum absolute atomic E-state index is 14.2. The predicted octanol–water partition coefficient (Wildman–Crippen LogP) is 3.70. The molecule has 0 saturated carbocycles. The summed E-state index contributed by atoms with van der Waals surface area (Å²) in [7, 11) is 0. The molecule has 3 N–H and O–H groups in total. The lowest BCUT2D eigenvalue weighted by atomic mass is 10.00. The van der Waals surface area contributed by atoms with E-state index in [1.54, 1.807) is 37.3 Å². The Kier molecular flexibility index (Phi) is 5.02. The van der Waals surface area contributed by atoms with Crippen LogP contribution >= 0.6 is 11.6 Å². The van der Waals surface area contributed by atoms with Gasteiger partial charge in [-0.2, -0.15) is 10.2 Å². The average Bonchev–Trinajstić information content (AvgIpc) is 3.27. The number of benzene rings is 2. The van der Waals surface area contributed by atoms with Gasteiger partial charge in [0, 0.05) is 18.2 Å². The largest absolute Gasteiger partial charge is 0.620 e. The molecule has 0 spiro atoms. The summed E-state index contributed by atoms with van der Waals surface area (Å²) in [5.41, 5.74) is 2.78. The standard InChI is InChI=1S/C20H17ClFN9O/c1-11-8-12(22)6-7-13(11)17-14-9-23-10-31(32,16-5-3-2-4-15(16)21)18(14)25-19(24-17)26-20-27-29-30-28-20/h2-8,23H,9-10H2,1H3,(H2,24,25,26,27,28,29,30). The first-order valence-electron chi connectivity index (χ1n) is 9.69. The van der Waals surface area contributed by atoms with E-state index in [-0.39, 0.29) is 30.2 Å². The second-order valence-corrected chi connectivity index (χ2v) is 7.70. The van der Waals surface area contributed by atoms with Crippen molar-refractivity contribution in [2.75, 3.05) is 12.0 Å². The number of para-hydroxylation sites is 1. The third kappa shape index (κ3) is 3.46. The van der Waals surface area contributed by atoms with Gasteiger partial charge in [-0.25, -0.2) is 9.37 Å². The van der Waals surface area contributed by atoms with Gasteiger partial charge < -0.3 is 5.21 Å². The topological polar surface area (TPSA) is 127 Å². The van der Waals surface area contributed by atoms with Crippen molar-refractivity contribution in [3.63, 3.8) is 0 Å². The van der Waals surface area contributed by atoms with Crippen molar-refractivity contribution in [1.82, 2.24) is 40.6 Å². The van der Waals surface area contributed by atoms with Crippen LogP contribution in [0.3, 0.4) is 0 Å². The van der Waals surface area contributed by atoms with E-state index in [2.05, 4.69) is 41.2 Å². The van der Waals surface area contributed by atoms with Crippen molar-refractivity contribution in [1.29, 1.82) is 0 Å². The number of H-pyrrole nitrogens is 1. The maximum atomic E-state index is 14.2. The van der Waals surface area contributed by atoms with Crippen LogP contribution in [0.2, 0.25) is 5.02 Å². The molecule has 12 heteroatoms. The molecule has 4 aromatic rings.